The van der Waals surface area contributed by atoms with Crippen molar-refractivity contribution in [1.29, 1.82) is 0 Å². The zero-order chi connectivity index (χ0) is 20.1. The summed E-state index contributed by atoms with van der Waals surface area (Å²) in [5, 5.41) is 10.5. The summed E-state index contributed by atoms with van der Waals surface area (Å²) in [5.41, 5.74) is 3.07. The van der Waals surface area contributed by atoms with Crippen LogP contribution in [0.2, 0.25) is 5.02 Å². The Labute approximate surface area is 167 Å². The predicted molar refractivity (Wildman–Crippen MR) is 112 cm³/mol. The zero-order valence-electron chi connectivity index (χ0n) is 15.4. The molecule has 2 N–H and O–H groups in total. The fraction of sp³-hybridized carbons (Fsp3) is 0.0952. The lowest BCUT2D eigenvalue weighted by molar-refractivity contribution is -0.114. The van der Waals surface area contributed by atoms with Gasteiger partial charge in [-0.1, -0.05) is 29.8 Å². The Balaban J connectivity index is 1.71. The molecule has 0 bridgehead atoms. The molecule has 0 radical (unpaired) electrons. The third-order valence-electron chi connectivity index (χ3n) is 3.79. The number of benzene rings is 2. The van der Waals surface area contributed by atoms with Crippen molar-refractivity contribution in [2.45, 2.75) is 13.8 Å². The Morgan fingerprint density at radius 2 is 1.82 bits per heavy atom. The van der Waals surface area contributed by atoms with Crippen molar-refractivity contribution >= 4 is 41.0 Å². The second-order valence-electron chi connectivity index (χ2n) is 6.19. The van der Waals surface area contributed by atoms with Gasteiger partial charge in [0.05, 0.1) is 11.4 Å². The molecule has 142 valence electrons. The SMILES string of the molecule is CC(=O)Nc1ccc(/C=C/C(=O)Nc2cc(C)nn2-c2cccc(Cl)c2)cc1. The minimum Gasteiger partial charge on any atom is -0.326 e. The molecule has 0 aliphatic heterocycles. The van der Waals surface area contributed by atoms with Gasteiger partial charge in [0.25, 0.3) is 0 Å². The van der Waals surface area contributed by atoms with E-state index < -0.39 is 0 Å². The summed E-state index contributed by atoms with van der Waals surface area (Å²) in [6.45, 7) is 3.30. The van der Waals surface area contributed by atoms with E-state index in [0.29, 0.717) is 16.5 Å². The second kappa shape index (κ2) is 8.54. The fourth-order valence-electron chi connectivity index (χ4n) is 2.61. The van der Waals surface area contributed by atoms with Crippen LogP contribution in [0, 0.1) is 6.92 Å². The average Bonchev–Trinajstić information content (AvgIpc) is 3.01. The number of anilines is 2. The van der Waals surface area contributed by atoms with Gasteiger partial charge in [-0.05, 0) is 48.9 Å². The van der Waals surface area contributed by atoms with E-state index in [0.717, 1.165) is 16.9 Å². The minimum atomic E-state index is -0.283. The largest absolute Gasteiger partial charge is 0.326 e. The number of hydrogen-bond acceptors (Lipinski definition) is 3. The molecule has 0 atom stereocenters. The Morgan fingerprint density at radius 1 is 1.07 bits per heavy atom. The Bertz CT molecular complexity index is 1040. The van der Waals surface area contributed by atoms with Crippen molar-refractivity contribution < 1.29 is 9.59 Å². The molecule has 3 aromatic rings. The van der Waals surface area contributed by atoms with Gasteiger partial charge < -0.3 is 10.6 Å². The summed E-state index contributed by atoms with van der Waals surface area (Å²) >= 11 is 6.05. The van der Waals surface area contributed by atoms with Crippen molar-refractivity contribution in [3.05, 3.63) is 77.0 Å². The summed E-state index contributed by atoms with van der Waals surface area (Å²) in [4.78, 5) is 23.4. The minimum absolute atomic E-state index is 0.130. The van der Waals surface area contributed by atoms with E-state index in [1.807, 2.05) is 31.2 Å². The van der Waals surface area contributed by atoms with Gasteiger partial charge in [-0.2, -0.15) is 5.10 Å². The molecular formula is C21H19ClN4O2. The molecule has 2 amide bonds. The van der Waals surface area contributed by atoms with Crippen LogP contribution in [0.3, 0.4) is 0 Å². The van der Waals surface area contributed by atoms with Gasteiger partial charge in [0, 0.05) is 29.8 Å². The van der Waals surface area contributed by atoms with E-state index in [4.69, 9.17) is 11.6 Å². The molecule has 3 rings (SSSR count). The van der Waals surface area contributed by atoms with Crippen LogP contribution in [0.25, 0.3) is 11.8 Å². The summed E-state index contributed by atoms with van der Waals surface area (Å²) in [6.07, 6.45) is 3.14. The van der Waals surface area contributed by atoms with Crippen LogP contribution < -0.4 is 10.6 Å². The number of hydrogen-bond donors (Lipinski definition) is 2. The smallest absolute Gasteiger partial charge is 0.249 e. The van der Waals surface area contributed by atoms with Gasteiger partial charge in [-0.25, -0.2) is 4.68 Å². The lowest BCUT2D eigenvalue weighted by Gasteiger charge is -2.08. The number of nitrogens with one attached hydrogen (secondary N) is 2. The maximum atomic E-state index is 12.3. The summed E-state index contributed by atoms with van der Waals surface area (Å²) in [5.74, 6) is 0.138. The highest BCUT2D eigenvalue weighted by Crippen LogP contribution is 2.20. The molecule has 0 fully saturated rings. The van der Waals surface area contributed by atoms with Crippen molar-refractivity contribution in [3.63, 3.8) is 0 Å². The highest BCUT2D eigenvalue weighted by atomic mass is 35.5. The van der Waals surface area contributed by atoms with E-state index in [-0.39, 0.29) is 11.8 Å². The molecule has 0 aliphatic carbocycles. The fourth-order valence-corrected chi connectivity index (χ4v) is 2.80. The van der Waals surface area contributed by atoms with E-state index in [2.05, 4.69) is 15.7 Å². The number of aromatic nitrogens is 2. The number of amides is 2. The molecule has 0 spiro atoms. The number of nitrogens with zero attached hydrogens (tertiary/aromatic N) is 2. The van der Waals surface area contributed by atoms with Crippen LogP contribution in [-0.4, -0.2) is 21.6 Å². The van der Waals surface area contributed by atoms with Crippen molar-refractivity contribution in [2.75, 3.05) is 10.6 Å². The first-order valence-corrected chi connectivity index (χ1v) is 8.98. The first kappa shape index (κ1) is 19.4. The standard InChI is InChI=1S/C21H19ClN4O2/c1-14-12-20(26(25-14)19-5-3-4-17(22)13-19)24-21(28)11-8-16-6-9-18(10-7-16)23-15(2)27/h3-13H,1-2H3,(H,23,27)(H,24,28)/b11-8+. The number of halogens is 1. The number of aryl methyl sites for hydroxylation is 1. The van der Waals surface area contributed by atoms with E-state index >= 15 is 0 Å². The number of rotatable bonds is 5. The second-order valence-corrected chi connectivity index (χ2v) is 6.62. The van der Waals surface area contributed by atoms with Gasteiger partial charge in [-0.15, -0.1) is 0 Å². The molecule has 0 unspecified atom stereocenters. The number of carbonyl (C=O) groups excluding carboxylic acids is 2. The van der Waals surface area contributed by atoms with Gasteiger partial charge in [-0.3, -0.25) is 9.59 Å². The Hall–Kier alpha value is -3.38. The Kier molecular flexibility index (Phi) is 5.91. The van der Waals surface area contributed by atoms with Crippen LogP contribution in [0.5, 0.6) is 0 Å². The van der Waals surface area contributed by atoms with Crippen molar-refractivity contribution in [2.24, 2.45) is 0 Å². The van der Waals surface area contributed by atoms with E-state index in [9.17, 15) is 9.59 Å². The molecule has 6 nitrogen and oxygen atoms in total. The van der Waals surface area contributed by atoms with Gasteiger partial charge in [0.1, 0.15) is 5.82 Å². The van der Waals surface area contributed by atoms with Gasteiger partial charge in [0.15, 0.2) is 0 Å². The molecule has 1 heterocycles. The Morgan fingerprint density at radius 3 is 2.50 bits per heavy atom. The quantitative estimate of drug-likeness (QED) is 0.628. The topological polar surface area (TPSA) is 76.0 Å². The summed E-state index contributed by atoms with van der Waals surface area (Å²) in [7, 11) is 0. The van der Waals surface area contributed by atoms with E-state index in [1.54, 1.807) is 41.1 Å². The predicted octanol–water partition coefficient (Wildman–Crippen LogP) is 4.44. The monoisotopic (exact) mass is 394 g/mol. The maximum Gasteiger partial charge on any atom is 0.249 e. The molecule has 2 aromatic carbocycles. The van der Waals surface area contributed by atoms with Crippen LogP contribution in [0.4, 0.5) is 11.5 Å². The molecule has 1 aromatic heterocycles. The van der Waals surface area contributed by atoms with Crippen LogP contribution in [-0.2, 0) is 9.59 Å². The normalized spacial score (nSPS) is 10.8. The molecular weight excluding hydrogens is 376 g/mol. The highest BCUT2D eigenvalue weighted by molar-refractivity contribution is 6.30. The molecule has 28 heavy (non-hydrogen) atoms. The average molecular weight is 395 g/mol. The van der Waals surface area contributed by atoms with Crippen LogP contribution >= 0.6 is 11.6 Å². The zero-order valence-corrected chi connectivity index (χ0v) is 16.2. The van der Waals surface area contributed by atoms with Crippen LogP contribution in [0.15, 0.2) is 60.7 Å². The molecule has 0 aliphatic rings. The van der Waals surface area contributed by atoms with Gasteiger partial charge in [0.2, 0.25) is 11.8 Å². The highest BCUT2D eigenvalue weighted by Gasteiger charge is 2.10. The third kappa shape index (κ3) is 5.08. The van der Waals surface area contributed by atoms with Crippen molar-refractivity contribution in [1.82, 2.24) is 9.78 Å². The van der Waals surface area contributed by atoms with Gasteiger partial charge >= 0.3 is 0 Å². The summed E-state index contributed by atoms with van der Waals surface area (Å²) < 4.78 is 1.63. The molecule has 7 heteroatoms. The van der Waals surface area contributed by atoms with Crippen LogP contribution in [0.1, 0.15) is 18.2 Å². The first-order valence-electron chi connectivity index (χ1n) is 8.60. The molecule has 0 saturated carbocycles. The lowest BCUT2D eigenvalue weighted by atomic mass is 10.2. The lowest BCUT2D eigenvalue weighted by Crippen LogP contribution is -2.12. The third-order valence-corrected chi connectivity index (χ3v) is 4.03. The summed E-state index contributed by atoms with van der Waals surface area (Å²) in [6, 6.07) is 16.2. The number of carbonyl (C=O) groups is 2. The first-order chi connectivity index (χ1) is 13.4. The van der Waals surface area contributed by atoms with Crippen molar-refractivity contribution in [3.8, 4) is 5.69 Å². The van der Waals surface area contributed by atoms with E-state index in [1.165, 1.54) is 13.0 Å². The molecule has 0 saturated heterocycles. The maximum absolute atomic E-state index is 12.3.